The summed E-state index contributed by atoms with van der Waals surface area (Å²) in [5.41, 5.74) is 17.5. The summed E-state index contributed by atoms with van der Waals surface area (Å²) in [5.74, 6) is 0. The van der Waals surface area contributed by atoms with Crippen LogP contribution in [0.1, 0.15) is 0 Å². The second-order valence-corrected chi connectivity index (χ2v) is 17.3. The van der Waals surface area contributed by atoms with Crippen LogP contribution in [0.25, 0.3) is 105 Å². The quantitative estimate of drug-likeness (QED) is 0.152. The fourth-order valence-corrected chi connectivity index (χ4v) is 10.1. The van der Waals surface area contributed by atoms with Gasteiger partial charge in [0, 0.05) is 49.7 Å². The molecule has 0 saturated carbocycles. The van der Waals surface area contributed by atoms with Crippen molar-refractivity contribution in [3.63, 3.8) is 0 Å². The van der Waals surface area contributed by atoms with Crippen LogP contribution in [0.2, 0.25) is 0 Å². The number of aromatic nitrogens is 1. The third-order valence-corrected chi connectivity index (χ3v) is 13.4. The topological polar surface area (TPSA) is 21.3 Å². The van der Waals surface area contributed by atoms with E-state index in [1.807, 2.05) is 6.07 Å². The average Bonchev–Trinajstić information content (AvgIpc) is 3.95. The van der Waals surface area contributed by atoms with E-state index in [0.717, 1.165) is 72.4 Å². The highest BCUT2D eigenvalue weighted by Crippen LogP contribution is 2.48. The van der Waals surface area contributed by atoms with Gasteiger partial charge in [0.1, 0.15) is 11.2 Å². The van der Waals surface area contributed by atoms with Gasteiger partial charge in [-0.05, 0) is 117 Å². The molecular weight excluding hydrogens is 813 g/mol. The molecule has 0 saturated heterocycles. The van der Waals surface area contributed by atoms with Crippen LogP contribution in [-0.4, -0.2) is 4.57 Å². The predicted molar refractivity (Wildman–Crippen MR) is 282 cm³/mol. The molecule has 0 unspecified atom stereocenters. The maximum Gasteiger partial charge on any atom is 0.143 e. The van der Waals surface area contributed by atoms with Gasteiger partial charge in [-0.15, -0.1) is 0 Å². The molecule has 3 nitrogen and oxygen atoms in total. The molecule has 3 heteroatoms. The van der Waals surface area contributed by atoms with Gasteiger partial charge in [-0.3, -0.25) is 0 Å². The minimum atomic E-state index is 0.873. The van der Waals surface area contributed by atoms with Gasteiger partial charge in [0.25, 0.3) is 0 Å². The molecule has 0 amide bonds. The van der Waals surface area contributed by atoms with Crippen molar-refractivity contribution in [3.05, 3.63) is 255 Å². The van der Waals surface area contributed by atoms with Gasteiger partial charge in [-0.1, -0.05) is 182 Å². The number of benzene rings is 11. The first kappa shape index (κ1) is 38.5. The van der Waals surface area contributed by atoms with Crippen molar-refractivity contribution in [2.45, 2.75) is 0 Å². The maximum atomic E-state index is 6.82. The number of hydrogen-bond donors (Lipinski definition) is 0. The molecule has 0 fully saturated rings. The van der Waals surface area contributed by atoms with Crippen LogP contribution >= 0.6 is 0 Å². The van der Waals surface area contributed by atoms with Gasteiger partial charge in [-0.2, -0.15) is 0 Å². The van der Waals surface area contributed by atoms with E-state index in [1.54, 1.807) is 0 Å². The van der Waals surface area contributed by atoms with E-state index >= 15 is 0 Å². The van der Waals surface area contributed by atoms with Crippen LogP contribution in [0.5, 0.6) is 0 Å². The van der Waals surface area contributed by atoms with Crippen molar-refractivity contribution in [2.24, 2.45) is 0 Å². The van der Waals surface area contributed by atoms with Gasteiger partial charge in [0.15, 0.2) is 0 Å². The Kier molecular flexibility index (Phi) is 9.17. The molecule has 67 heavy (non-hydrogen) atoms. The standard InChI is InChI=1S/C64H42N2O/c1-4-15-43(16-5-1)45-31-35-52(36-32-45)65(53-37-33-46(34-38-53)48-28-30-49-39-47(27-29-50(49)40-48)44-17-6-2-7-18-44)61-42-62-58(54-21-10-12-25-60(54)66(62)51-19-8-3-9-20-51)41-59(61)57-24-14-23-56-55-22-11-13-26-63(55)67-64(56)57/h1-42H. The Hall–Kier alpha value is -8.92. The number of furan rings is 1. The van der Waals surface area contributed by atoms with Crippen LogP contribution in [-0.2, 0) is 0 Å². The lowest BCUT2D eigenvalue weighted by atomic mass is 9.96. The number of nitrogens with zero attached hydrogens (tertiary/aromatic N) is 2. The molecule has 13 rings (SSSR count). The zero-order valence-electron chi connectivity index (χ0n) is 36.6. The van der Waals surface area contributed by atoms with Gasteiger partial charge in [0.2, 0.25) is 0 Å². The molecule has 0 aliphatic heterocycles. The van der Waals surface area contributed by atoms with Gasteiger partial charge in [-0.25, -0.2) is 0 Å². The van der Waals surface area contributed by atoms with Crippen LogP contribution < -0.4 is 4.90 Å². The molecular formula is C64H42N2O. The molecule has 13 aromatic rings. The summed E-state index contributed by atoms with van der Waals surface area (Å²) in [6, 6.07) is 92.0. The predicted octanol–water partition coefficient (Wildman–Crippen LogP) is 18.0. The molecule has 0 N–H and O–H groups in total. The van der Waals surface area contributed by atoms with Crippen molar-refractivity contribution in [1.29, 1.82) is 0 Å². The zero-order chi connectivity index (χ0) is 44.3. The molecule has 0 aliphatic carbocycles. The lowest BCUT2D eigenvalue weighted by molar-refractivity contribution is 0.670. The molecule has 0 atom stereocenters. The van der Waals surface area contributed by atoms with E-state index in [0.29, 0.717) is 0 Å². The normalized spacial score (nSPS) is 11.6. The van der Waals surface area contributed by atoms with Crippen molar-refractivity contribution in [1.82, 2.24) is 4.57 Å². The van der Waals surface area contributed by atoms with Crippen molar-refractivity contribution < 1.29 is 4.42 Å². The van der Waals surface area contributed by atoms with Gasteiger partial charge >= 0.3 is 0 Å². The zero-order valence-corrected chi connectivity index (χ0v) is 36.6. The molecule has 2 aromatic heterocycles. The molecule has 2 heterocycles. The molecule has 0 aliphatic rings. The Bertz CT molecular complexity index is 3940. The third-order valence-electron chi connectivity index (χ3n) is 13.4. The summed E-state index contributed by atoms with van der Waals surface area (Å²) < 4.78 is 9.23. The number of hydrogen-bond acceptors (Lipinski definition) is 2. The van der Waals surface area contributed by atoms with E-state index in [9.17, 15) is 0 Å². The minimum Gasteiger partial charge on any atom is -0.455 e. The summed E-state index contributed by atoms with van der Waals surface area (Å²) in [7, 11) is 0. The minimum absolute atomic E-state index is 0.873. The van der Waals surface area contributed by atoms with Crippen LogP contribution in [0.4, 0.5) is 17.1 Å². The van der Waals surface area contributed by atoms with Crippen molar-refractivity contribution in [3.8, 4) is 50.2 Å². The fraction of sp³-hybridized carbons (Fsp3) is 0. The number of rotatable bonds is 8. The Labute approximate surface area is 388 Å². The van der Waals surface area contributed by atoms with Crippen LogP contribution in [0.3, 0.4) is 0 Å². The highest BCUT2D eigenvalue weighted by Gasteiger charge is 2.24. The summed E-state index contributed by atoms with van der Waals surface area (Å²) in [6.45, 7) is 0. The largest absolute Gasteiger partial charge is 0.455 e. The second kappa shape index (κ2) is 16.0. The van der Waals surface area contributed by atoms with E-state index < -0.39 is 0 Å². The lowest BCUT2D eigenvalue weighted by Gasteiger charge is -2.29. The van der Waals surface area contributed by atoms with E-state index in [2.05, 4.69) is 258 Å². The molecule has 0 radical (unpaired) electrons. The fourth-order valence-electron chi connectivity index (χ4n) is 10.1. The average molecular weight is 855 g/mol. The Balaban J connectivity index is 1.03. The summed E-state index contributed by atoms with van der Waals surface area (Å²) >= 11 is 0. The summed E-state index contributed by atoms with van der Waals surface area (Å²) in [6.07, 6.45) is 0. The molecule has 11 aromatic carbocycles. The summed E-state index contributed by atoms with van der Waals surface area (Å²) in [4.78, 5) is 2.42. The van der Waals surface area contributed by atoms with E-state index in [-0.39, 0.29) is 0 Å². The highest BCUT2D eigenvalue weighted by atomic mass is 16.3. The Morgan fingerprint density at radius 3 is 1.48 bits per heavy atom. The first-order valence-corrected chi connectivity index (χ1v) is 22.9. The second-order valence-electron chi connectivity index (χ2n) is 17.3. The van der Waals surface area contributed by atoms with Crippen molar-refractivity contribution >= 4 is 71.6 Å². The van der Waals surface area contributed by atoms with Crippen LogP contribution in [0, 0.1) is 0 Å². The number of anilines is 3. The first-order valence-electron chi connectivity index (χ1n) is 22.9. The summed E-state index contributed by atoms with van der Waals surface area (Å²) in [5, 5.41) is 7.02. The molecule has 314 valence electrons. The smallest absolute Gasteiger partial charge is 0.143 e. The number of fused-ring (bicyclic) bond motifs is 7. The molecule has 0 spiro atoms. The molecule has 0 bridgehead atoms. The first-order chi connectivity index (χ1) is 33.2. The SMILES string of the molecule is c1ccc(-c2ccc(N(c3ccc(-c4ccc5cc(-c6ccccc6)ccc5c4)cc3)c3cc4c(cc3-c3cccc5c3oc3ccccc35)c3ccccc3n4-c3ccccc3)cc2)cc1. The maximum absolute atomic E-state index is 6.82. The van der Waals surface area contributed by atoms with Crippen LogP contribution in [0.15, 0.2) is 259 Å². The lowest BCUT2D eigenvalue weighted by Crippen LogP contribution is -2.11. The highest BCUT2D eigenvalue weighted by molar-refractivity contribution is 6.16. The van der Waals surface area contributed by atoms with Crippen molar-refractivity contribution in [2.75, 3.05) is 4.90 Å². The Morgan fingerprint density at radius 2 is 0.821 bits per heavy atom. The van der Waals surface area contributed by atoms with E-state index in [1.165, 1.54) is 49.4 Å². The number of para-hydroxylation sites is 4. The van der Waals surface area contributed by atoms with E-state index in [4.69, 9.17) is 4.42 Å². The van der Waals surface area contributed by atoms with Gasteiger partial charge < -0.3 is 13.9 Å². The van der Waals surface area contributed by atoms with Gasteiger partial charge in [0.05, 0.1) is 16.7 Å². The third kappa shape index (κ3) is 6.67. The Morgan fingerprint density at radius 1 is 0.313 bits per heavy atom. The monoisotopic (exact) mass is 854 g/mol.